The van der Waals surface area contributed by atoms with Gasteiger partial charge in [0.2, 0.25) is 0 Å². The van der Waals surface area contributed by atoms with Crippen molar-refractivity contribution in [3.05, 3.63) is 17.5 Å². The lowest BCUT2D eigenvalue weighted by Crippen LogP contribution is -2.12. The molecule has 0 atom stereocenters. The van der Waals surface area contributed by atoms with Gasteiger partial charge in [-0.1, -0.05) is 0 Å². The van der Waals surface area contributed by atoms with Crippen LogP contribution in [-0.4, -0.2) is 17.8 Å². The Labute approximate surface area is 58.3 Å². The van der Waals surface area contributed by atoms with Crippen LogP contribution < -0.4 is 5.32 Å². The van der Waals surface area contributed by atoms with Gasteiger partial charge >= 0.3 is 0 Å². The summed E-state index contributed by atoms with van der Waals surface area (Å²) in [6.07, 6.45) is 3.10. The van der Waals surface area contributed by atoms with Crippen molar-refractivity contribution in [3.63, 3.8) is 0 Å². The summed E-state index contributed by atoms with van der Waals surface area (Å²) in [5.74, 6) is 1.72. The van der Waals surface area contributed by atoms with E-state index in [0.717, 1.165) is 5.70 Å². The molecule has 0 saturated carbocycles. The minimum absolute atomic E-state index is 0. The van der Waals surface area contributed by atoms with Crippen molar-refractivity contribution in [2.24, 2.45) is 4.99 Å². The summed E-state index contributed by atoms with van der Waals surface area (Å²) in [7, 11) is 0. The van der Waals surface area contributed by atoms with Crippen molar-refractivity contribution in [1.82, 2.24) is 5.32 Å². The molecule has 0 aliphatic carbocycles. The fourth-order valence-corrected chi connectivity index (χ4v) is 0.550. The van der Waals surface area contributed by atoms with E-state index in [9.17, 15) is 4.79 Å². The van der Waals surface area contributed by atoms with Gasteiger partial charge in [0, 0.05) is 5.70 Å². The number of hydrogen-bond acceptors (Lipinski definition) is 3. The summed E-state index contributed by atoms with van der Waals surface area (Å²) < 4.78 is 0. The molecule has 0 saturated heterocycles. The minimum Gasteiger partial charge on any atom is -0.412 e. The van der Waals surface area contributed by atoms with Gasteiger partial charge < -0.3 is 10.8 Å². The van der Waals surface area contributed by atoms with Crippen LogP contribution in [0.3, 0.4) is 0 Å². The Morgan fingerprint density at radius 2 is 2.40 bits per heavy atom. The highest BCUT2D eigenvalue weighted by atomic mass is 16.1. The van der Waals surface area contributed by atoms with Crippen LogP contribution in [0.4, 0.5) is 0 Å². The van der Waals surface area contributed by atoms with E-state index < -0.39 is 0 Å². The third-order valence-corrected chi connectivity index (χ3v) is 0.951. The number of aliphatic imine (C=N–C) groups is 1. The van der Waals surface area contributed by atoms with Crippen molar-refractivity contribution in [2.75, 3.05) is 0 Å². The number of rotatable bonds is 0. The molecular formula is C6H8N2O2. The average molecular weight is 140 g/mol. The van der Waals surface area contributed by atoms with Gasteiger partial charge in [0.15, 0.2) is 5.94 Å². The second-order valence-electron chi connectivity index (χ2n) is 1.70. The zero-order valence-corrected chi connectivity index (χ0v) is 5.51. The quantitative estimate of drug-likeness (QED) is 0.457. The molecule has 0 aromatic rings. The van der Waals surface area contributed by atoms with Gasteiger partial charge in [-0.3, -0.25) is 0 Å². The summed E-state index contributed by atoms with van der Waals surface area (Å²) >= 11 is 0. The monoisotopic (exact) mass is 140 g/mol. The molecule has 10 heavy (non-hydrogen) atoms. The van der Waals surface area contributed by atoms with Crippen LogP contribution in [0.15, 0.2) is 22.5 Å². The van der Waals surface area contributed by atoms with Crippen LogP contribution >= 0.6 is 0 Å². The third-order valence-electron chi connectivity index (χ3n) is 0.951. The van der Waals surface area contributed by atoms with E-state index >= 15 is 0 Å². The number of allylic oxidation sites excluding steroid dienone is 2. The first-order chi connectivity index (χ1) is 4.33. The van der Waals surface area contributed by atoms with Gasteiger partial charge in [0.25, 0.3) is 0 Å². The first-order valence-electron chi connectivity index (χ1n) is 2.55. The molecule has 3 N–H and O–H groups in total. The second kappa shape index (κ2) is 3.61. The summed E-state index contributed by atoms with van der Waals surface area (Å²) in [5.41, 5.74) is 1.25. The number of hydrogen-bond donors (Lipinski definition) is 1. The maximum Gasteiger partial charge on any atom is 0.150 e. The molecule has 0 amide bonds. The van der Waals surface area contributed by atoms with Gasteiger partial charge in [-0.05, 0) is 13.0 Å². The third kappa shape index (κ3) is 1.85. The van der Waals surface area contributed by atoms with E-state index in [-0.39, 0.29) is 5.48 Å². The summed E-state index contributed by atoms with van der Waals surface area (Å²) in [5, 5.41) is 2.62. The lowest BCUT2D eigenvalue weighted by atomic mass is 10.3. The first kappa shape index (κ1) is 8.62. The topological polar surface area (TPSA) is 73.0 Å². The summed E-state index contributed by atoms with van der Waals surface area (Å²) in [4.78, 5) is 13.8. The summed E-state index contributed by atoms with van der Waals surface area (Å²) in [6.45, 7) is 1.81. The fourth-order valence-electron chi connectivity index (χ4n) is 0.550. The molecule has 0 aromatic carbocycles. The molecule has 4 nitrogen and oxygen atoms in total. The predicted octanol–water partition coefficient (Wildman–Crippen LogP) is -0.587. The highest BCUT2D eigenvalue weighted by Gasteiger charge is 1.95. The average Bonchev–Trinajstić information content (AvgIpc) is 1.88. The smallest absolute Gasteiger partial charge is 0.150 e. The molecule has 0 spiro atoms. The standard InChI is InChI=1S/C6H6N2O.H2O/c1-5-2-6(3-9)8-4-7-5;/h2,4H,1H3,(H,7,8);1H2. The van der Waals surface area contributed by atoms with Crippen molar-refractivity contribution in [1.29, 1.82) is 0 Å². The Kier molecular flexibility index (Phi) is 3.11. The Hall–Kier alpha value is -1.38. The van der Waals surface area contributed by atoms with Gasteiger partial charge in [-0.2, -0.15) is 0 Å². The van der Waals surface area contributed by atoms with E-state index in [1.807, 2.05) is 6.92 Å². The lowest BCUT2D eigenvalue weighted by molar-refractivity contribution is 0.566. The molecule has 0 fully saturated rings. The van der Waals surface area contributed by atoms with Gasteiger partial charge in [0.1, 0.15) is 5.70 Å². The molecule has 1 rings (SSSR count). The molecule has 4 heteroatoms. The molecular weight excluding hydrogens is 132 g/mol. The Morgan fingerprint density at radius 1 is 1.70 bits per heavy atom. The van der Waals surface area contributed by atoms with Crippen molar-refractivity contribution in [2.45, 2.75) is 6.92 Å². The zero-order chi connectivity index (χ0) is 6.69. The van der Waals surface area contributed by atoms with Crippen molar-refractivity contribution < 1.29 is 10.3 Å². The van der Waals surface area contributed by atoms with Crippen LogP contribution in [-0.2, 0) is 4.79 Å². The maximum absolute atomic E-state index is 9.97. The van der Waals surface area contributed by atoms with Gasteiger partial charge in [-0.25, -0.2) is 9.79 Å². The molecule has 1 heterocycles. The lowest BCUT2D eigenvalue weighted by Gasteiger charge is -2.01. The van der Waals surface area contributed by atoms with Crippen LogP contribution in [0.25, 0.3) is 0 Å². The summed E-state index contributed by atoms with van der Waals surface area (Å²) in [6, 6.07) is 0. The largest absolute Gasteiger partial charge is 0.412 e. The highest BCUT2D eigenvalue weighted by Crippen LogP contribution is 2.00. The number of nitrogens with one attached hydrogen (secondary N) is 1. The molecule has 0 aromatic heterocycles. The van der Waals surface area contributed by atoms with Crippen LogP contribution in [0, 0.1) is 0 Å². The van der Waals surface area contributed by atoms with E-state index in [1.165, 1.54) is 6.34 Å². The van der Waals surface area contributed by atoms with Crippen LogP contribution in [0.2, 0.25) is 0 Å². The SMILES string of the molecule is CC1=CC(=C=O)NC=N1.O. The molecule has 1 aliphatic rings. The van der Waals surface area contributed by atoms with Gasteiger partial charge in [-0.15, -0.1) is 0 Å². The Bertz CT molecular complexity index is 224. The molecule has 0 unspecified atom stereocenters. The van der Waals surface area contributed by atoms with Crippen molar-refractivity contribution >= 4 is 12.3 Å². The van der Waals surface area contributed by atoms with E-state index in [1.54, 1.807) is 12.0 Å². The minimum atomic E-state index is 0. The van der Waals surface area contributed by atoms with E-state index in [4.69, 9.17) is 0 Å². The highest BCUT2D eigenvalue weighted by molar-refractivity contribution is 5.70. The molecule has 54 valence electrons. The number of nitrogens with zero attached hydrogens (tertiary/aromatic N) is 1. The van der Waals surface area contributed by atoms with E-state index in [2.05, 4.69) is 10.3 Å². The fraction of sp³-hybridized carbons (Fsp3) is 0.167. The Morgan fingerprint density at radius 3 is 2.80 bits per heavy atom. The first-order valence-corrected chi connectivity index (χ1v) is 2.55. The normalized spacial score (nSPS) is 14.5. The predicted molar refractivity (Wildman–Crippen MR) is 38.2 cm³/mol. The van der Waals surface area contributed by atoms with Crippen LogP contribution in [0.1, 0.15) is 6.92 Å². The molecule has 0 radical (unpaired) electrons. The second-order valence-corrected chi connectivity index (χ2v) is 1.70. The van der Waals surface area contributed by atoms with E-state index in [0.29, 0.717) is 5.70 Å². The maximum atomic E-state index is 9.97. The zero-order valence-electron chi connectivity index (χ0n) is 5.51. The number of carbonyl (C=O) groups excluding carboxylic acids is 1. The molecule has 1 aliphatic heterocycles. The van der Waals surface area contributed by atoms with Gasteiger partial charge in [0.05, 0.1) is 6.34 Å². The Balaban J connectivity index is 0.000000810. The van der Waals surface area contributed by atoms with Crippen LogP contribution in [0.5, 0.6) is 0 Å². The van der Waals surface area contributed by atoms with Crippen molar-refractivity contribution in [3.8, 4) is 0 Å². The molecule has 0 bridgehead atoms.